The molecular weight excluding hydrogens is 230 g/mol. The van der Waals surface area contributed by atoms with Gasteiger partial charge in [-0.2, -0.15) is 4.58 Å². The Morgan fingerprint density at radius 1 is 1.60 bits per heavy atom. The predicted octanol–water partition coefficient (Wildman–Crippen LogP) is 1.31. The monoisotopic (exact) mass is 244 g/mol. The van der Waals surface area contributed by atoms with Gasteiger partial charge in [0, 0.05) is 23.6 Å². The maximum absolute atomic E-state index is 11.7. The van der Waals surface area contributed by atoms with Gasteiger partial charge in [-0.15, -0.1) is 0 Å². The zero-order valence-electron chi connectivity index (χ0n) is 8.64. The van der Waals surface area contributed by atoms with Gasteiger partial charge >= 0.3 is 9.95 Å². The van der Waals surface area contributed by atoms with E-state index in [-0.39, 0.29) is 12.0 Å². The highest BCUT2D eigenvalue weighted by molar-refractivity contribution is 7.24. The fourth-order valence-corrected chi connectivity index (χ4v) is 3.74. The quantitative estimate of drug-likeness (QED) is 0.580. The normalized spacial score (nSPS) is 20.6. The zero-order valence-corrected chi connectivity index (χ0v) is 10.3. The van der Waals surface area contributed by atoms with Crippen molar-refractivity contribution in [1.82, 2.24) is 4.58 Å². The van der Waals surface area contributed by atoms with Crippen LogP contribution in [0.25, 0.3) is 0 Å². The van der Waals surface area contributed by atoms with Crippen LogP contribution < -0.4 is 8.56 Å². The molecule has 1 aliphatic heterocycles. The Bertz CT molecular complexity index is 391. The summed E-state index contributed by atoms with van der Waals surface area (Å²) in [5, 5.41) is 4.11. The van der Waals surface area contributed by atoms with Gasteiger partial charge in [-0.1, -0.05) is 22.7 Å². The molecule has 0 saturated carbocycles. The Hall–Kier alpha value is -0.680. The van der Waals surface area contributed by atoms with Crippen LogP contribution in [0.2, 0.25) is 0 Å². The zero-order chi connectivity index (χ0) is 10.7. The van der Waals surface area contributed by atoms with Crippen LogP contribution in [-0.2, 0) is 9.53 Å². The fourth-order valence-electron chi connectivity index (χ4n) is 1.80. The number of nitrogens with zero attached hydrogens (tertiary/aromatic N) is 1. The summed E-state index contributed by atoms with van der Waals surface area (Å²) >= 11 is 3.39. The van der Waals surface area contributed by atoms with E-state index >= 15 is 0 Å². The number of ether oxygens (including phenoxy) is 1. The molecule has 0 N–H and O–H groups in total. The summed E-state index contributed by atoms with van der Waals surface area (Å²) in [4.78, 5) is 11.7. The second kappa shape index (κ2) is 4.90. The third kappa shape index (κ3) is 2.29. The van der Waals surface area contributed by atoms with E-state index in [0.29, 0.717) is 6.61 Å². The Morgan fingerprint density at radius 2 is 2.33 bits per heavy atom. The number of carbonyl (C=O) groups excluding carboxylic acids is 1. The van der Waals surface area contributed by atoms with Crippen molar-refractivity contribution in [3.8, 4) is 0 Å². The second-order valence-electron chi connectivity index (χ2n) is 3.38. The maximum Gasteiger partial charge on any atom is 0.375 e. The van der Waals surface area contributed by atoms with Crippen molar-refractivity contribution >= 4 is 28.6 Å². The average Bonchev–Trinajstić information content (AvgIpc) is 2.88. The Balaban J connectivity index is 2.27. The molecule has 3 nitrogen and oxygen atoms in total. The molecule has 0 aromatic carbocycles. The molecule has 0 amide bonds. The first kappa shape index (κ1) is 10.8. The van der Waals surface area contributed by atoms with Crippen molar-refractivity contribution in [1.29, 1.82) is 0 Å². The van der Waals surface area contributed by atoms with Gasteiger partial charge in [-0.05, 0) is 6.92 Å². The van der Waals surface area contributed by atoms with E-state index < -0.39 is 0 Å². The molecule has 0 aliphatic carbocycles. The minimum atomic E-state index is -0.0735. The molecule has 0 spiro atoms. The molecule has 15 heavy (non-hydrogen) atoms. The molecule has 0 radical (unpaired) electrons. The van der Waals surface area contributed by atoms with E-state index in [0.717, 1.165) is 19.4 Å². The van der Waals surface area contributed by atoms with Crippen LogP contribution in [-0.4, -0.2) is 25.2 Å². The summed E-state index contributed by atoms with van der Waals surface area (Å²) in [7, 11) is 0. The molecule has 1 aromatic rings. The third-order valence-electron chi connectivity index (χ3n) is 2.44. The van der Waals surface area contributed by atoms with Gasteiger partial charge in [0.15, 0.2) is 0 Å². The van der Waals surface area contributed by atoms with Crippen molar-refractivity contribution in [3.05, 3.63) is 14.7 Å². The summed E-state index contributed by atoms with van der Waals surface area (Å²) in [5.41, 5.74) is 0. The van der Waals surface area contributed by atoms with Crippen molar-refractivity contribution < 1.29 is 9.53 Å². The molecule has 5 heteroatoms. The second-order valence-corrected chi connectivity index (χ2v) is 5.42. The number of carbonyl (C=O) groups is 1. The lowest BCUT2D eigenvalue weighted by Crippen LogP contribution is -2.38. The Morgan fingerprint density at radius 3 is 3.00 bits per heavy atom. The molecule has 0 bridgehead atoms. The number of hydrogen-bond donors (Lipinski definition) is 0. The van der Waals surface area contributed by atoms with Crippen LogP contribution in [0.15, 0.2) is 10.8 Å². The maximum atomic E-state index is 11.7. The lowest BCUT2D eigenvalue weighted by molar-refractivity contribution is -0.145. The van der Waals surface area contributed by atoms with E-state index in [9.17, 15) is 4.79 Å². The van der Waals surface area contributed by atoms with Crippen molar-refractivity contribution in [2.24, 2.45) is 0 Å². The summed E-state index contributed by atoms with van der Waals surface area (Å²) in [6.07, 6.45) is 2.00. The fraction of sp³-hybridized carbons (Fsp3) is 0.600. The predicted molar refractivity (Wildman–Crippen MR) is 62.0 cm³/mol. The smallest absolute Gasteiger partial charge is 0.375 e. The van der Waals surface area contributed by atoms with Crippen LogP contribution in [0.5, 0.6) is 0 Å². The summed E-state index contributed by atoms with van der Waals surface area (Å²) in [6.45, 7) is 3.29. The van der Waals surface area contributed by atoms with Crippen molar-refractivity contribution in [2.75, 3.05) is 13.2 Å². The summed E-state index contributed by atoms with van der Waals surface area (Å²) < 4.78 is 8.47. The molecule has 1 atom stereocenters. The SMILES string of the molecule is CCOC(=O)C1CCC[N+]1=c1sccs1. The summed E-state index contributed by atoms with van der Waals surface area (Å²) in [5.74, 6) is -0.0735. The molecular formula is C10H14NO2S2+. The van der Waals surface area contributed by atoms with Crippen LogP contribution >= 0.6 is 22.7 Å². The molecule has 1 aromatic heterocycles. The third-order valence-corrected chi connectivity index (χ3v) is 4.61. The van der Waals surface area contributed by atoms with E-state index in [4.69, 9.17) is 4.74 Å². The first-order valence-corrected chi connectivity index (χ1v) is 6.87. The van der Waals surface area contributed by atoms with Crippen LogP contribution in [0.3, 0.4) is 0 Å². The number of esters is 1. The molecule has 1 aliphatic rings. The lowest BCUT2D eigenvalue weighted by Gasteiger charge is -2.05. The average molecular weight is 244 g/mol. The van der Waals surface area contributed by atoms with Gasteiger partial charge in [0.1, 0.15) is 6.54 Å². The topological polar surface area (TPSA) is 29.3 Å². The minimum absolute atomic E-state index is 0.0557. The van der Waals surface area contributed by atoms with Crippen LogP contribution in [0.4, 0.5) is 0 Å². The van der Waals surface area contributed by atoms with E-state index in [2.05, 4.69) is 15.3 Å². The minimum Gasteiger partial charge on any atom is -0.461 e. The van der Waals surface area contributed by atoms with Gasteiger partial charge in [0.25, 0.3) is 6.04 Å². The molecule has 1 unspecified atom stereocenters. The van der Waals surface area contributed by atoms with Gasteiger partial charge in [-0.25, -0.2) is 4.79 Å². The highest BCUT2D eigenvalue weighted by Gasteiger charge is 2.36. The first-order chi connectivity index (χ1) is 7.33. The van der Waals surface area contributed by atoms with E-state index in [1.165, 1.54) is 3.98 Å². The Kier molecular flexibility index (Phi) is 3.53. The lowest BCUT2D eigenvalue weighted by atomic mass is 10.2. The van der Waals surface area contributed by atoms with Gasteiger partial charge in [-0.3, -0.25) is 0 Å². The molecule has 2 heterocycles. The number of hydrogen-bond acceptors (Lipinski definition) is 4. The van der Waals surface area contributed by atoms with Gasteiger partial charge in [0.05, 0.1) is 6.61 Å². The van der Waals surface area contributed by atoms with E-state index in [1.54, 1.807) is 22.7 Å². The molecule has 2 rings (SSSR count). The van der Waals surface area contributed by atoms with Crippen molar-refractivity contribution in [3.63, 3.8) is 0 Å². The van der Waals surface area contributed by atoms with Crippen LogP contribution in [0.1, 0.15) is 19.8 Å². The molecule has 82 valence electrons. The Labute approximate surface area is 96.7 Å². The highest BCUT2D eigenvalue weighted by atomic mass is 32.2. The van der Waals surface area contributed by atoms with Gasteiger partial charge in [0.2, 0.25) is 0 Å². The summed E-state index contributed by atoms with van der Waals surface area (Å²) in [6, 6.07) is -0.0557. The molecule has 1 fully saturated rings. The van der Waals surface area contributed by atoms with Crippen molar-refractivity contribution in [2.45, 2.75) is 25.8 Å². The molecule has 1 saturated heterocycles. The van der Waals surface area contributed by atoms with E-state index in [1.807, 2.05) is 6.92 Å². The highest BCUT2D eigenvalue weighted by Crippen LogP contribution is 2.12. The first-order valence-electron chi connectivity index (χ1n) is 5.11. The standard InChI is InChI=1S/C10H14NO2S2/c1-2-13-9(12)8-4-3-5-11(8)10-14-6-7-15-10/h6-8H,2-5H2,1H3/q+1. The largest absolute Gasteiger partial charge is 0.461 e. The van der Waals surface area contributed by atoms with Crippen LogP contribution in [0, 0.1) is 0 Å². The number of rotatable bonds is 2. The van der Waals surface area contributed by atoms with Gasteiger partial charge < -0.3 is 4.74 Å².